The van der Waals surface area contributed by atoms with Crippen molar-refractivity contribution in [1.82, 2.24) is 10.2 Å². The van der Waals surface area contributed by atoms with Crippen molar-refractivity contribution in [1.29, 1.82) is 0 Å². The summed E-state index contributed by atoms with van der Waals surface area (Å²) in [6.45, 7) is 5.12. The van der Waals surface area contributed by atoms with Crippen LogP contribution >= 0.6 is 11.6 Å². The van der Waals surface area contributed by atoms with Crippen molar-refractivity contribution in [3.8, 4) is 0 Å². The van der Waals surface area contributed by atoms with Gasteiger partial charge in [0, 0.05) is 18.1 Å². The fourth-order valence-electron chi connectivity index (χ4n) is 3.92. The maximum absolute atomic E-state index is 13.8. The lowest BCUT2D eigenvalue weighted by Gasteiger charge is -2.35. The first-order chi connectivity index (χ1) is 14.3. The van der Waals surface area contributed by atoms with Crippen LogP contribution in [0.5, 0.6) is 0 Å². The minimum absolute atomic E-state index is 0.0592. The number of piperidine rings is 1. The van der Waals surface area contributed by atoms with Crippen LogP contribution in [0.1, 0.15) is 43.7 Å². The summed E-state index contributed by atoms with van der Waals surface area (Å²) < 4.78 is 13.8. The predicted molar refractivity (Wildman–Crippen MR) is 117 cm³/mol. The van der Waals surface area contributed by atoms with E-state index < -0.39 is 11.9 Å². The second kappa shape index (κ2) is 10.1. The number of carbonyl (C=O) groups is 2. The second-order valence-corrected chi connectivity index (χ2v) is 8.64. The minimum Gasteiger partial charge on any atom is -0.344 e. The Labute approximate surface area is 182 Å². The number of amides is 2. The smallest absolute Gasteiger partial charge is 0.245 e. The van der Waals surface area contributed by atoms with Gasteiger partial charge in [-0.15, -0.1) is 0 Å². The maximum atomic E-state index is 13.8. The van der Waals surface area contributed by atoms with Crippen molar-refractivity contribution in [3.63, 3.8) is 0 Å². The first kappa shape index (κ1) is 22.3. The molecule has 0 bridgehead atoms. The molecule has 1 aliphatic rings. The van der Waals surface area contributed by atoms with Crippen LogP contribution in [-0.2, 0) is 16.0 Å². The first-order valence-corrected chi connectivity index (χ1v) is 10.8. The lowest BCUT2D eigenvalue weighted by molar-refractivity contribution is -0.138. The van der Waals surface area contributed by atoms with Crippen LogP contribution in [0.15, 0.2) is 48.5 Å². The Morgan fingerprint density at radius 1 is 1.10 bits per heavy atom. The summed E-state index contributed by atoms with van der Waals surface area (Å²) in [7, 11) is 0. The van der Waals surface area contributed by atoms with Crippen molar-refractivity contribution < 1.29 is 14.0 Å². The Morgan fingerprint density at radius 2 is 1.73 bits per heavy atom. The van der Waals surface area contributed by atoms with Gasteiger partial charge in [-0.05, 0) is 54.0 Å². The number of rotatable bonds is 6. The SMILES string of the molecule is CC(C)[C@@H](NC(=O)Cc1ccccc1F)C(=O)N1CCC(c2ccc(Cl)cc2)CC1. The van der Waals surface area contributed by atoms with Crippen molar-refractivity contribution in [2.45, 2.75) is 45.1 Å². The van der Waals surface area contributed by atoms with E-state index >= 15 is 0 Å². The first-order valence-electron chi connectivity index (χ1n) is 10.4. The van der Waals surface area contributed by atoms with Crippen molar-refractivity contribution in [3.05, 3.63) is 70.5 Å². The van der Waals surface area contributed by atoms with Crippen molar-refractivity contribution >= 4 is 23.4 Å². The topological polar surface area (TPSA) is 49.4 Å². The average Bonchev–Trinajstić information content (AvgIpc) is 2.74. The van der Waals surface area contributed by atoms with E-state index in [1.165, 1.54) is 11.6 Å². The Kier molecular flexibility index (Phi) is 7.48. The van der Waals surface area contributed by atoms with E-state index in [4.69, 9.17) is 11.6 Å². The number of hydrogen-bond donors (Lipinski definition) is 1. The van der Waals surface area contributed by atoms with Gasteiger partial charge in [-0.2, -0.15) is 0 Å². The molecule has 1 heterocycles. The van der Waals surface area contributed by atoms with Gasteiger partial charge >= 0.3 is 0 Å². The summed E-state index contributed by atoms with van der Waals surface area (Å²) in [6, 6.07) is 13.5. The van der Waals surface area contributed by atoms with Crippen LogP contribution in [0.4, 0.5) is 4.39 Å². The molecule has 0 spiro atoms. The molecule has 30 heavy (non-hydrogen) atoms. The van der Waals surface area contributed by atoms with Gasteiger partial charge in [0.25, 0.3) is 0 Å². The monoisotopic (exact) mass is 430 g/mol. The highest BCUT2D eigenvalue weighted by Crippen LogP contribution is 2.29. The largest absolute Gasteiger partial charge is 0.344 e. The van der Waals surface area contributed by atoms with Gasteiger partial charge in [0.15, 0.2) is 0 Å². The highest BCUT2D eigenvalue weighted by molar-refractivity contribution is 6.30. The van der Waals surface area contributed by atoms with Crippen molar-refractivity contribution in [2.24, 2.45) is 5.92 Å². The molecule has 1 atom stereocenters. The molecule has 2 aromatic carbocycles. The van der Waals surface area contributed by atoms with E-state index in [-0.39, 0.29) is 24.2 Å². The molecule has 4 nitrogen and oxygen atoms in total. The summed E-state index contributed by atoms with van der Waals surface area (Å²) in [4.78, 5) is 27.4. The Hall–Kier alpha value is -2.40. The molecule has 1 N–H and O–H groups in total. The quantitative estimate of drug-likeness (QED) is 0.729. The van der Waals surface area contributed by atoms with Gasteiger partial charge in [0.05, 0.1) is 6.42 Å². The number of hydrogen-bond acceptors (Lipinski definition) is 2. The highest BCUT2D eigenvalue weighted by atomic mass is 35.5. The third-order valence-electron chi connectivity index (χ3n) is 5.71. The zero-order valence-electron chi connectivity index (χ0n) is 17.4. The molecule has 1 aliphatic heterocycles. The van der Waals surface area contributed by atoms with Crippen LogP contribution in [0.3, 0.4) is 0 Å². The Morgan fingerprint density at radius 3 is 2.33 bits per heavy atom. The molecule has 1 saturated heterocycles. The lowest BCUT2D eigenvalue weighted by Crippen LogP contribution is -2.53. The number of nitrogens with zero attached hydrogens (tertiary/aromatic N) is 1. The third kappa shape index (κ3) is 5.60. The Bertz CT molecular complexity index is 877. The van der Waals surface area contributed by atoms with Gasteiger partial charge in [-0.3, -0.25) is 9.59 Å². The van der Waals surface area contributed by atoms with Crippen molar-refractivity contribution in [2.75, 3.05) is 13.1 Å². The standard InChI is InChI=1S/C24H28ClFN2O2/c1-16(2)23(27-22(29)15-19-5-3-4-6-21(19)26)24(30)28-13-11-18(12-14-28)17-7-9-20(25)10-8-17/h3-10,16,18,23H,11-15H2,1-2H3,(H,27,29)/t23-/m1/s1. The molecule has 160 valence electrons. The number of likely N-dealkylation sites (tertiary alicyclic amines) is 1. The summed E-state index contributed by atoms with van der Waals surface area (Å²) in [5.74, 6) is -0.482. The second-order valence-electron chi connectivity index (χ2n) is 8.21. The van der Waals surface area contributed by atoms with Crippen LogP contribution in [0, 0.1) is 11.7 Å². The summed E-state index contributed by atoms with van der Waals surface area (Å²) in [6.07, 6.45) is 1.67. The molecule has 6 heteroatoms. The third-order valence-corrected chi connectivity index (χ3v) is 5.96. The maximum Gasteiger partial charge on any atom is 0.245 e. The van der Waals surface area contributed by atoms with Gasteiger partial charge < -0.3 is 10.2 Å². The van der Waals surface area contributed by atoms with Crippen LogP contribution in [0.25, 0.3) is 0 Å². The molecular formula is C24H28ClFN2O2. The van der Waals surface area contributed by atoms with Gasteiger partial charge in [0.1, 0.15) is 11.9 Å². The summed E-state index contributed by atoms with van der Waals surface area (Å²) in [5.41, 5.74) is 1.57. The van der Waals surface area contributed by atoms with Crippen LogP contribution < -0.4 is 5.32 Å². The zero-order valence-corrected chi connectivity index (χ0v) is 18.2. The molecular weight excluding hydrogens is 403 g/mol. The summed E-state index contributed by atoms with van der Waals surface area (Å²) in [5, 5.41) is 3.55. The van der Waals surface area contributed by atoms with E-state index in [9.17, 15) is 14.0 Å². The number of nitrogens with one attached hydrogen (secondary N) is 1. The lowest BCUT2D eigenvalue weighted by atomic mass is 9.89. The highest BCUT2D eigenvalue weighted by Gasteiger charge is 2.31. The fraction of sp³-hybridized carbons (Fsp3) is 0.417. The molecule has 0 saturated carbocycles. The number of halogens is 2. The minimum atomic E-state index is -0.614. The van der Waals surface area contributed by atoms with E-state index in [2.05, 4.69) is 5.32 Å². The van der Waals surface area contributed by atoms with E-state index in [0.717, 1.165) is 17.9 Å². The van der Waals surface area contributed by atoms with Gasteiger partial charge in [-0.1, -0.05) is 55.8 Å². The average molecular weight is 431 g/mol. The van der Waals surface area contributed by atoms with Gasteiger partial charge in [-0.25, -0.2) is 4.39 Å². The fourth-order valence-corrected chi connectivity index (χ4v) is 4.04. The molecule has 0 aromatic heterocycles. The summed E-state index contributed by atoms with van der Waals surface area (Å²) >= 11 is 5.97. The van der Waals surface area contributed by atoms with E-state index in [1.807, 2.05) is 43.0 Å². The number of benzene rings is 2. The Balaban J connectivity index is 1.58. The molecule has 0 aliphatic carbocycles. The predicted octanol–water partition coefficient (Wildman–Crippen LogP) is 4.57. The molecule has 2 aromatic rings. The van der Waals surface area contributed by atoms with Crippen LogP contribution in [-0.4, -0.2) is 35.8 Å². The zero-order chi connectivity index (χ0) is 21.7. The van der Waals surface area contributed by atoms with E-state index in [0.29, 0.717) is 24.6 Å². The molecule has 0 unspecified atom stereocenters. The van der Waals surface area contributed by atoms with Crippen LogP contribution in [0.2, 0.25) is 5.02 Å². The van der Waals surface area contributed by atoms with Gasteiger partial charge in [0.2, 0.25) is 11.8 Å². The molecule has 2 amide bonds. The molecule has 0 radical (unpaired) electrons. The van der Waals surface area contributed by atoms with E-state index in [1.54, 1.807) is 18.2 Å². The molecule has 1 fully saturated rings. The molecule has 3 rings (SSSR count). The normalized spacial score (nSPS) is 15.8. The number of carbonyl (C=O) groups excluding carboxylic acids is 2.